The predicted octanol–water partition coefficient (Wildman–Crippen LogP) is 5.97. The summed E-state index contributed by atoms with van der Waals surface area (Å²) >= 11 is 9.41. The Bertz CT molecular complexity index is 1240. The molecule has 194 valence electrons. The quantitative estimate of drug-likeness (QED) is 0.324. The number of hydrogen-bond acceptors (Lipinski definition) is 8. The number of carbonyl (C=O) groups excluding carboxylic acids is 1. The van der Waals surface area contributed by atoms with Gasteiger partial charge >= 0.3 is 0 Å². The van der Waals surface area contributed by atoms with Gasteiger partial charge in [0.25, 0.3) is 5.91 Å². The Balaban J connectivity index is 1.36. The van der Waals surface area contributed by atoms with Crippen molar-refractivity contribution in [3.8, 4) is 5.75 Å². The number of anilines is 5. The molecule has 0 aliphatic carbocycles. The van der Waals surface area contributed by atoms with Gasteiger partial charge in [0.15, 0.2) is 0 Å². The first-order chi connectivity index (χ1) is 18.0. The van der Waals surface area contributed by atoms with Gasteiger partial charge in [0, 0.05) is 41.4 Å². The summed E-state index contributed by atoms with van der Waals surface area (Å²) < 4.78 is 0.667. The van der Waals surface area contributed by atoms with Gasteiger partial charge in [0.05, 0.1) is 11.3 Å². The highest BCUT2D eigenvalue weighted by Gasteiger charge is 2.21. The second kappa shape index (κ2) is 11.5. The summed E-state index contributed by atoms with van der Waals surface area (Å²) in [5.74, 6) is 1.30. The minimum atomic E-state index is -0.439. The molecule has 0 spiro atoms. The molecule has 2 fully saturated rings. The van der Waals surface area contributed by atoms with Gasteiger partial charge in [0.2, 0.25) is 17.8 Å². The monoisotopic (exact) mass is 585 g/mol. The van der Waals surface area contributed by atoms with E-state index in [9.17, 15) is 9.90 Å². The number of aromatic nitrogens is 3. The van der Waals surface area contributed by atoms with E-state index in [0.29, 0.717) is 33.0 Å². The van der Waals surface area contributed by atoms with Gasteiger partial charge in [-0.1, -0.05) is 11.6 Å². The summed E-state index contributed by atoms with van der Waals surface area (Å²) in [6.45, 7) is 3.80. The second-order valence-corrected chi connectivity index (χ2v) is 10.6. The first kappa shape index (κ1) is 25.5. The first-order valence-corrected chi connectivity index (χ1v) is 13.8. The Morgan fingerprint density at radius 2 is 1.49 bits per heavy atom. The van der Waals surface area contributed by atoms with Crippen LogP contribution in [-0.2, 0) is 0 Å². The van der Waals surface area contributed by atoms with Crippen LogP contribution < -0.4 is 20.4 Å². The third kappa shape index (κ3) is 6.24. The molecule has 2 aliphatic heterocycles. The molecule has 11 heteroatoms. The summed E-state index contributed by atoms with van der Waals surface area (Å²) in [5.41, 5.74) is 1.46. The fraction of sp³-hybridized carbons (Fsp3) is 0.385. The molecule has 0 unspecified atom stereocenters. The summed E-state index contributed by atoms with van der Waals surface area (Å²) in [6.07, 6.45) is 7.03. The van der Waals surface area contributed by atoms with Gasteiger partial charge in [-0.3, -0.25) is 4.79 Å². The number of hydrogen-bond donors (Lipinski definition) is 3. The maximum Gasteiger partial charge on any atom is 0.259 e. The SMILES string of the molecule is O=C(Nc1ccc(Nc2nc(N3CCCCC3)nc(N3CCCCC3)n2)cc1Br)c1ccc(Cl)cc1O. The molecule has 3 N–H and O–H groups in total. The van der Waals surface area contributed by atoms with E-state index < -0.39 is 5.91 Å². The number of aromatic hydroxyl groups is 1. The molecule has 5 rings (SSSR count). The van der Waals surface area contributed by atoms with Crippen molar-refractivity contribution in [2.75, 3.05) is 46.6 Å². The molecular formula is C26H29BrClN7O2. The van der Waals surface area contributed by atoms with Crippen molar-refractivity contribution in [1.29, 1.82) is 0 Å². The van der Waals surface area contributed by atoms with Gasteiger partial charge in [-0.2, -0.15) is 15.0 Å². The summed E-state index contributed by atoms with van der Waals surface area (Å²) in [4.78, 5) is 31.5. The summed E-state index contributed by atoms with van der Waals surface area (Å²) in [7, 11) is 0. The number of phenolic OH excluding ortho intramolecular Hbond substituents is 1. The molecule has 0 radical (unpaired) electrons. The molecule has 2 saturated heterocycles. The van der Waals surface area contributed by atoms with Crippen LogP contribution in [0, 0.1) is 0 Å². The van der Waals surface area contributed by atoms with Crippen molar-refractivity contribution in [3.63, 3.8) is 0 Å². The maximum absolute atomic E-state index is 12.7. The highest BCUT2D eigenvalue weighted by Crippen LogP contribution is 2.30. The highest BCUT2D eigenvalue weighted by atomic mass is 79.9. The van der Waals surface area contributed by atoms with Crippen LogP contribution in [-0.4, -0.2) is 52.1 Å². The highest BCUT2D eigenvalue weighted by molar-refractivity contribution is 9.10. The zero-order valence-electron chi connectivity index (χ0n) is 20.4. The lowest BCUT2D eigenvalue weighted by Gasteiger charge is -2.30. The van der Waals surface area contributed by atoms with E-state index in [0.717, 1.165) is 57.5 Å². The van der Waals surface area contributed by atoms with Crippen molar-refractivity contribution < 1.29 is 9.90 Å². The van der Waals surface area contributed by atoms with Gasteiger partial charge < -0.3 is 25.5 Å². The van der Waals surface area contributed by atoms with Crippen molar-refractivity contribution in [2.45, 2.75) is 38.5 Å². The number of benzene rings is 2. The third-order valence-corrected chi connectivity index (χ3v) is 7.46. The normalized spacial score (nSPS) is 15.9. The van der Waals surface area contributed by atoms with Crippen LogP contribution in [0.15, 0.2) is 40.9 Å². The Morgan fingerprint density at radius 1 is 0.865 bits per heavy atom. The lowest BCUT2D eigenvalue weighted by atomic mass is 10.1. The standard InChI is InChI=1S/C26H29BrClN7O2/c27-20-16-18(8-10-21(20)30-23(37)19-9-7-17(28)15-22(19)36)29-24-31-25(34-11-3-1-4-12-34)33-26(32-24)35-13-5-2-6-14-35/h7-10,15-16,36H,1-6,11-14H2,(H,30,37)(H,29,31,32,33). The van der Waals surface area contributed by atoms with Crippen molar-refractivity contribution >= 4 is 62.7 Å². The number of rotatable bonds is 6. The smallest absolute Gasteiger partial charge is 0.259 e. The van der Waals surface area contributed by atoms with Crippen LogP contribution >= 0.6 is 27.5 Å². The van der Waals surface area contributed by atoms with Crippen molar-refractivity contribution in [3.05, 3.63) is 51.5 Å². The number of piperidine rings is 2. The lowest BCUT2D eigenvalue weighted by Crippen LogP contribution is -2.34. The van der Waals surface area contributed by atoms with Gasteiger partial charge in [0.1, 0.15) is 5.75 Å². The summed E-state index contributed by atoms with van der Waals surface area (Å²) in [6, 6.07) is 9.84. The van der Waals surface area contributed by atoms with E-state index >= 15 is 0 Å². The number of nitrogens with one attached hydrogen (secondary N) is 2. The Hall–Kier alpha value is -3.11. The first-order valence-electron chi connectivity index (χ1n) is 12.6. The molecule has 3 aromatic rings. The minimum absolute atomic E-state index is 0.138. The van der Waals surface area contributed by atoms with E-state index in [1.165, 1.54) is 25.0 Å². The number of nitrogens with zero attached hydrogens (tertiary/aromatic N) is 5. The van der Waals surface area contributed by atoms with Gasteiger partial charge in [-0.05, 0) is 90.9 Å². The average Bonchev–Trinajstić information content (AvgIpc) is 2.91. The molecule has 0 bridgehead atoms. The van der Waals surface area contributed by atoms with Crippen LogP contribution in [0.1, 0.15) is 48.9 Å². The topological polar surface area (TPSA) is 107 Å². The molecular weight excluding hydrogens is 558 g/mol. The van der Waals surface area contributed by atoms with E-state index in [-0.39, 0.29) is 11.3 Å². The predicted molar refractivity (Wildman–Crippen MR) is 150 cm³/mol. The Labute approximate surface area is 229 Å². The van der Waals surface area contributed by atoms with E-state index in [4.69, 9.17) is 26.6 Å². The molecule has 1 aromatic heterocycles. The molecule has 37 heavy (non-hydrogen) atoms. The number of carbonyl (C=O) groups is 1. The van der Waals surface area contributed by atoms with Crippen LogP contribution in [0.25, 0.3) is 0 Å². The van der Waals surface area contributed by atoms with Crippen molar-refractivity contribution in [1.82, 2.24) is 15.0 Å². The molecule has 9 nitrogen and oxygen atoms in total. The molecule has 2 aliphatic rings. The second-order valence-electron chi connectivity index (χ2n) is 9.29. The fourth-order valence-corrected chi connectivity index (χ4v) is 5.23. The van der Waals surface area contributed by atoms with Crippen LogP contribution in [0.5, 0.6) is 5.75 Å². The number of phenols is 1. The number of halogens is 2. The molecule has 0 saturated carbocycles. The zero-order chi connectivity index (χ0) is 25.8. The zero-order valence-corrected chi connectivity index (χ0v) is 22.7. The van der Waals surface area contributed by atoms with E-state index in [1.807, 2.05) is 12.1 Å². The van der Waals surface area contributed by atoms with E-state index in [2.05, 4.69) is 36.4 Å². The molecule has 2 aromatic carbocycles. The lowest BCUT2D eigenvalue weighted by molar-refractivity contribution is 0.102. The largest absolute Gasteiger partial charge is 0.507 e. The number of amides is 1. The maximum atomic E-state index is 12.7. The minimum Gasteiger partial charge on any atom is -0.507 e. The van der Waals surface area contributed by atoms with Crippen LogP contribution in [0.4, 0.5) is 29.2 Å². The molecule has 1 amide bonds. The fourth-order valence-electron chi connectivity index (χ4n) is 4.59. The van der Waals surface area contributed by atoms with Crippen molar-refractivity contribution in [2.24, 2.45) is 0 Å². The van der Waals surface area contributed by atoms with Crippen LogP contribution in [0.2, 0.25) is 5.02 Å². The van der Waals surface area contributed by atoms with E-state index in [1.54, 1.807) is 12.1 Å². The molecule has 0 atom stereocenters. The van der Waals surface area contributed by atoms with Gasteiger partial charge in [-0.15, -0.1) is 0 Å². The van der Waals surface area contributed by atoms with Crippen LogP contribution in [0.3, 0.4) is 0 Å². The molecule has 3 heterocycles. The average molecular weight is 587 g/mol. The summed E-state index contributed by atoms with van der Waals surface area (Å²) in [5, 5.41) is 16.5. The Morgan fingerprint density at radius 3 is 2.05 bits per heavy atom. The third-order valence-electron chi connectivity index (χ3n) is 6.57. The Kier molecular flexibility index (Phi) is 7.95. The van der Waals surface area contributed by atoms with Gasteiger partial charge in [-0.25, -0.2) is 0 Å².